The van der Waals surface area contributed by atoms with Crippen LogP contribution in [0.15, 0.2) is 0 Å². The van der Waals surface area contributed by atoms with Gasteiger partial charge in [0.15, 0.2) is 0 Å². The van der Waals surface area contributed by atoms with E-state index in [0.717, 1.165) is 36.2 Å². The van der Waals surface area contributed by atoms with E-state index in [1.807, 2.05) is 0 Å². The summed E-state index contributed by atoms with van der Waals surface area (Å²) >= 11 is 1.72. The van der Waals surface area contributed by atoms with Gasteiger partial charge < -0.3 is 10.1 Å². The van der Waals surface area contributed by atoms with E-state index in [1.165, 1.54) is 6.42 Å². The van der Waals surface area contributed by atoms with E-state index in [9.17, 15) is 0 Å². The Labute approximate surface area is 100 Å². The molecule has 0 aliphatic carbocycles. The molecule has 1 saturated heterocycles. The van der Waals surface area contributed by atoms with E-state index in [1.54, 1.807) is 11.3 Å². The number of nitrogens with one attached hydrogen (secondary N) is 1. The van der Waals surface area contributed by atoms with Gasteiger partial charge in [0.25, 0.3) is 0 Å². The summed E-state index contributed by atoms with van der Waals surface area (Å²) in [6, 6.07) is 0.491. The maximum atomic E-state index is 5.47. The van der Waals surface area contributed by atoms with E-state index in [-0.39, 0.29) is 0 Å². The van der Waals surface area contributed by atoms with Gasteiger partial charge in [0.05, 0.1) is 6.61 Å². The van der Waals surface area contributed by atoms with Crippen LogP contribution in [0, 0.1) is 0 Å². The molecule has 16 heavy (non-hydrogen) atoms. The molecule has 2 heterocycles. The number of rotatable bonds is 4. The lowest BCUT2D eigenvalue weighted by Gasteiger charge is -2.19. The zero-order chi connectivity index (χ0) is 11.4. The second-order valence-corrected chi connectivity index (χ2v) is 5.58. The lowest BCUT2D eigenvalue weighted by atomic mass is 10.0. The Kier molecular flexibility index (Phi) is 4.26. The van der Waals surface area contributed by atoms with Crippen LogP contribution >= 0.6 is 11.3 Å². The predicted octanol–water partition coefficient (Wildman–Crippen LogP) is 1.93. The van der Waals surface area contributed by atoms with Gasteiger partial charge in [-0.1, -0.05) is 25.2 Å². The summed E-state index contributed by atoms with van der Waals surface area (Å²) in [4.78, 5) is 0. The molecule has 0 spiro atoms. The van der Waals surface area contributed by atoms with Gasteiger partial charge in [0.2, 0.25) is 0 Å². The van der Waals surface area contributed by atoms with Crippen molar-refractivity contribution in [2.24, 2.45) is 0 Å². The Morgan fingerprint density at radius 1 is 1.50 bits per heavy atom. The van der Waals surface area contributed by atoms with Crippen LogP contribution in [-0.2, 0) is 11.3 Å². The molecule has 0 saturated carbocycles. The molecule has 5 heteroatoms. The molecule has 0 bridgehead atoms. The van der Waals surface area contributed by atoms with Crippen LogP contribution in [0.4, 0.5) is 0 Å². The highest BCUT2D eigenvalue weighted by molar-refractivity contribution is 7.11. The summed E-state index contributed by atoms with van der Waals surface area (Å²) in [5, 5.41) is 14.1. The molecule has 2 rings (SSSR count). The molecule has 0 amide bonds. The van der Waals surface area contributed by atoms with E-state index < -0.39 is 0 Å². The average Bonchev–Trinajstić information content (AvgIpc) is 2.76. The molecule has 90 valence electrons. The van der Waals surface area contributed by atoms with Gasteiger partial charge in [-0.25, -0.2) is 0 Å². The van der Waals surface area contributed by atoms with Crippen molar-refractivity contribution in [1.82, 2.24) is 15.5 Å². The smallest absolute Gasteiger partial charge is 0.131 e. The van der Waals surface area contributed by atoms with Crippen molar-refractivity contribution in [1.29, 1.82) is 0 Å². The summed E-state index contributed by atoms with van der Waals surface area (Å²) < 4.78 is 5.47. The zero-order valence-electron chi connectivity index (χ0n) is 9.90. The van der Waals surface area contributed by atoms with Gasteiger partial charge >= 0.3 is 0 Å². The zero-order valence-corrected chi connectivity index (χ0v) is 10.7. The molecule has 1 aliphatic heterocycles. The van der Waals surface area contributed by atoms with Crippen LogP contribution in [-0.4, -0.2) is 29.5 Å². The first kappa shape index (κ1) is 12.0. The molecule has 1 fully saturated rings. The molecule has 1 unspecified atom stereocenters. The fourth-order valence-electron chi connectivity index (χ4n) is 1.73. The van der Waals surface area contributed by atoms with Crippen molar-refractivity contribution in [3.63, 3.8) is 0 Å². The van der Waals surface area contributed by atoms with Crippen LogP contribution in [0.3, 0.4) is 0 Å². The van der Waals surface area contributed by atoms with Gasteiger partial charge in [-0.15, -0.1) is 10.2 Å². The summed E-state index contributed by atoms with van der Waals surface area (Å²) in [6.07, 6.45) is 2.33. The lowest BCUT2D eigenvalue weighted by Crippen LogP contribution is -2.21. The summed E-state index contributed by atoms with van der Waals surface area (Å²) in [5.74, 6) is 0.471. The Hall–Kier alpha value is -0.520. The predicted molar refractivity (Wildman–Crippen MR) is 64.7 cm³/mol. The molecule has 1 atom stereocenters. The molecular weight excluding hydrogens is 222 g/mol. The minimum absolute atomic E-state index is 0.471. The normalized spacial score (nSPS) is 21.6. The fraction of sp³-hybridized carbons (Fsp3) is 0.818. The standard InChI is InChI=1S/C11H19N3OS/c1-8(2)12-6-10-13-14-11(16-10)9-4-3-5-15-7-9/h8-9,12H,3-7H2,1-2H3. The second kappa shape index (κ2) is 5.70. The highest BCUT2D eigenvalue weighted by Gasteiger charge is 2.20. The number of hydrogen-bond donors (Lipinski definition) is 1. The summed E-state index contributed by atoms with van der Waals surface area (Å²) in [5.41, 5.74) is 0. The fourth-order valence-corrected chi connectivity index (χ4v) is 2.64. The minimum atomic E-state index is 0.471. The van der Waals surface area contributed by atoms with E-state index in [2.05, 4.69) is 29.4 Å². The minimum Gasteiger partial charge on any atom is -0.381 e. The van der Waals surface area contributed by atoms with Gasteiger partial charge in [-0.05, 0) is 12.8 Å². The first-order valence-electron chi connectivity index (χ1n) is 5.89. The highest BCUT2D eigenvalue weighted by atomic mass is 32.1. The number of ether oxygens (including phenoxy) is 1. The van der Waals surface area contributed by atoms with Crippen molar-refractivity contribution in [2.45, 2.75) is 45.2 Å². The Bertz CT molecular complexity index is 321. The van der Waals surface area contributed by atoms with Gasteiger partial charge in [0, 0.05) is 25.1 Å². The maximum Gasteiger partial charge on any atom is 0.131 e. The molecule has 4 nitrogen and oxygen atoms in total. The molecular formula is C11H19N3OS. The summed E-state index contributed by atoms with van der Waals surface area (Å²) in [7, 11) is 0. The van der Waals surface area contributed by atoms with E-state index in [4.69, 9.17) is 4.74 Å². The molecule has 0 aromatic carbocycles. The van der Waals surface area contributed by atoms with Crippen LogP contribution in [0.1, 0.15) is 42.6 Å². The highest BCUT2D eigenvalue weighted by Crippen LogP contribution is 2.27. The van der Waals surface area contributed by atoms with Crippen molar-refractivity contribution >= 4 is 11.3 Å². The van der Waals surface area contributed by atoms with Crippen LogP contribution in [0.2, 0.25) is 0 Å². The quantitative estimate of drug-likeness (QED) is 0.875. The Morgan fingerprint density at radius 3 is 3.06 bits per heavy atom. The Morgan fingerprint density at radius 2 is 2.38 bits per heavy atom. The van der Waals surface area contributed by atoms with Crippen molar-refractivity contribution < 1.29 is 4.74 Å². The van der Waals surface area contributed by atoms with Crippen molar-refractivity contribution in [3.8, 4) is 0 Å². The third-order valence-corrected chi connectivity index (χ3v) is 3.74. The van der Waals surface area contributed by atoms with E-state index >= 15 is 0 Å². The summed E-state index contributed by atoms with van der Waals surface area (Å²) in [6.45, 7) is 6.81. The van der Waals surface area contributed by atoms with Crippen LogP contribution in [0.5, 0.6) is 0 Å². The Balaban J connectivity index is 1.90. The van der Waals surface area contributed by atoms with Crippen molar-refractivity contribution in [2.75, 3.05) is 13.2 Å². The second-order valence-electron chi connectivity index (χ2n) is 4.48. The third-order valence-electron chi connectivity index (χ3n) is 2.65. The molecule has 1 N–H and O–H groups in total. The SMILES string of the molecule is CC(C)NCc1nnc(C2CCCOC2)s1. The average molecular weight is 241 g/mol. The largest absolute Gasteiger partial charge is 0.381 e. The number of hydrogen-bond acceptors (Lipinski definition) is 5. The topological polar surface area (TPSA) is 47.0 Å². The van der Waals surface area contributed by atoms with Crippen molar-refractivity contribution in [3.05, 3.63) is 10.0 Å². The maximum absolute atomic E-state index is 5.47. The molecule has 1 aliphatic rings. The van der Waals surface area contributed by atoms with Crippen LogP contribution in [0.25, 0.3) is 0 Å². The monoisotopic (exact) mass is 241 g/mol. The number of aromatic nitrogens is 2. The number of nitrogens with zero attached hydrogens (tertiary/aromatic N) is 2. The first-order valence-corrected chi connectivity index (χ1v) is 6.70. The lowest BCUT2D eigenvalue weighted by molar-refractivity contribution is 0.0802. The van der Waals surface area contributed by atoms with Gasteiger partial charge in [-0.3, -0.25) is 0 Å². The third kappa shape index (κ3) is 3.23. The van der Waals surface area contributed by atoms with Gasteiger partial charge in [-0.2, -0.15) is 0 Å². The first-order chi connectivity index (χ1) is 7.75. The van der Waals surface area contributed by atoms with Crippen LogP contribution < -0.4 is 5.32 Å². The van der Waals surface area contributed by atoms with Gasteiger partial charge in [0.1, 0.15) is 10.0 Å². The molecule has 0 radical (unpaired) electrons. The molecule has 1 aromatic heterocycles. The molecule has 1 aromatic rings. The van der Waals surface area contributed by atoms with E-state index in [0.29, 0.717) is 12.0 Å².